The average Bonchev–Trinajstić information content (AvgIpc) is 3.36. The van der Waals surface area contributed by atoms with E-state index in [0.29, 0.717) is 45.2 Å². The number of rotatable bonds is 6. The van der Waals surface area contributed by atoms with Crippen LogP contribution in [0.1, 0.15) is 31.0 Å². The molecule has 0 atom stereocenters. The summed E-state index contributed by atoms with van der Waals surface area (Å²) in [7, 11) is 0. The highest BCUT2D eigenvalue weighted by atomic mass is 16.5. The predicted octanol–water partition coefficient (Wildman–Crippen LogP) is 1.89. The molecular weight excluding hydrogens is 348 g/mol. The number of fused-ring (bicyclic) bond motifs is 1. The summed E-state index contributed by atoms with van der Waals surface area (Å²) in [5, 5.41) is 4.77. The van der Waals surface area contributed by atoms with Gasteiger partial charge in [-0.15, -0.1) is 0 Å². The van der Waals surface area contributed by atoms with Gasteiger partial charge in [0.15, 0.2) is 6.39 Å². The summed E-state index contributed by atoms with van der Waals surface area (Å²) in [5.41, 5.74) is 3.76. The zero-order chi connectivity index (χ0) is 18.6. The van der Waals surface area contributed by atoms with Gasteiger partial charge in [0.05, 0.1) is 13.2 Å². The summed E-state index contributed by atoms with van der Waals surface area (Å²) in [4.78, 5) is 19.2. The Morgan fingerprint density at radius 1 is 1.37 bits per heavy atom. The molecule has 4 rings (SSSR count). The summed E-state index contributed by atoms with van der Waals surface area (Å²) >= 11 is 0. The second-order valence-electron chi connectivity index (χ2n) is 6.96. The first-order valence-corrected chi connectivity index (χ1v) is 9.69. The Hall–Kier alpha value is -2.19. The molecule has 0 bridgehead atoms. The van der Waals surface area contributed by atoms with Crippen molar-refractivity contribution in [2.45, 2.75) is 39.3 Å². The van der Waals surface area contributed by atoms with Crippen molar-refractivity contribution in [3.63, 3.8) is 0 Å². The zero-order valence-electron chi connectivity index (χ0n) is 15.7. The number of ether oxygens (including phenoxy) is 2. The van der Waals surface area contributed by atoms with Crippen molar-refractivity contribution in [1.29, 1.82) is 0 Å². The molecule has 8 heteroatoms. The van der Waals surface area contributed by atoms with Crippen LogP contribution in [0.3, 0.4) is 0 Å². The minimum atomic E-state index is 0.0730. The number of aromatic nitrogens is 3. The lowest BCUT2D eigenvalue weighted by atomic mass is 9.96. The molecule has 2 aliphatic rings. The van der Waals surface area contributed by atoms with E-state index >= 15 is 0 Å². The van der Waals surface area contributed by atoms with Gasteiger partial charge in [0.2, 0.25) is 5.91 Å². The van der Waals surface area contributed by atoms with Gasteiger partial charge in [0, 0.05) is 56.5 Å². The van der Waals surface area contributed by atoms with Crippen LogP contribution in [0.4, 0.5) is 0 Å². The quantitative estimate of drug-likeness (QED) is 0.718. The number of oxazole rings is 1. The first kappa shape index (κ1) is 18.2. The highest BCUT2D eigenvalue weighted by molar-refractivity contribution is 5.79. The van der Waals surface area contributed by atoms with Gasteiger partial charge in [-0.25, -0.2) is 4.98 Å². The van der Waals surface area contributed by atoms with E-state index in [-0.39, 0.29) is 11.8 Å². The van der Waals surface area contributed by atoms with Crippen LogP contribution >= 0.6 is 0 Å². The lowest BCUT2D eigenvalue weighted by molar-refractivity contribution is -0.139. The lowest BCUT2D eigenvalue weighted by Crippen LogP contribution is -2.41. The van der Waals surface area contributed by atoms with Crippen LogP contribution in [0.25, 0.3) is 11.4 Å². The van der Waals surface area contributed by atoms with Crippen LogP contribution < -0.4 is 0 Å². The second-order valence-corrected chi connectivity index (χ2v) is 6.96. The Morgan fingerprint density at radius 2 is 2.22 bits per heavy atom. The van der Waals surface area contributed by atoms with Gasteiger partial charge in [-0.1, -0.05) is 0 Å². The average molecular weight is 374 g/mol. The Bertz CT molecular complexity index is 765. The minimum absolute atomic E-state index is 0.0730. The van der Waals surface area contributed by atoms with Crippen molar-refractivity contribution in [2.75, 3.05) is 33.0 Å². The molecule has 0 spiro atoms. The summed E-state index contributed by atoms with van der Waals surface area (Å²) in [6, 6.07) is 0. The van der Waals surface area contributed by atoms with Crippen LogP contribution in [0, 0.1) is 5.92 Å². The molecule has 2 aromatic rings. The first-order chi connectivity index (χ1) is 13.3. The first-order valence-electron chi connectivity index (χ1n) is 9.69. The SMILES string of the molecule is CCOCCn1nc(-c2cocn2)c2c1CCN(C(=O)C1CCOCC1)C2. The Morgan fingerprint density at radius 3 is 2.96 bits per heavy atom. The molecule has 27 heavy (non-hydrogen) atoms. The fourth-order valence-electron chi connectivity index (χ4n) is 3.90. The minimum Gasteiger partial charge on any atom is -0.451 e. The maximum absolute atomic E-state index is 13.0. The Balaban J connectivity index is 1.58. The standard InChI is InChI=1S/C19H26N4O4/c1-2-25-10-7-23-17-3-6-22(19(24)14-4-8-26-9-5-14)11-15(17)18(21-23)16-12-27-13-20-16/h12-14H,2-11H2,1H3. The van der Waals surface area contributed by atoms with E-state index in [9.17, 15) is 4.79 Å². The number of amides is 1. The van der Waals surface area contributed by atoms with Gasteiger partial charge in [-0.2, -0.15) is 5.10 Å². The van der Waals surface area contributed by atoms with Gasteiger partial charge in [-0.3, -0.25) is 9.48 Å². The van der Waals surface area contributed by atoms with Crippen LogP contribution in [0.5, 0.6) is 0 Å². The third-order valence-corrected chi connectivity index (χ3v) is 5.34. The second kappa shape index (κ2) is 8.22. The molecule has 4 heterocycles. The fraction of sp³-hybridized carbons (Fsp3) is 0.632. The summed E-state index contributed by atoms with van der Waals surface area (Å²) in [6.07, 6.45) is 5.43. The normalized spacial score (nSPS) is 17.9. The van der Waals surface area contributed by atoms with Gasteiger partial charge >= 0.3 is 0 Å². The number of carbonyl (C=O) groups excluding carboxylic acids is 1. The summed E-state index contributed by atoms with van der Waals surface area (Å²) < 4.78 is 18.1. The highest BCUT2D eigenvalue weighted by Crippen LogP contribution is 2.30. The topological polar surface area (TPSA) is 82.6 Å². The fourth-order valence-corrected chi connectivity index (χ4v) is 3.90. The van der Waals surface area contributed by atoms with E-state index < -0.39 is 0 Å². The molecule has 0 radical (unpaired) electrons. The smallest absolute Gasteiger partial charge is 0.226 e. The van der Waals surface area contributed by atoms with Crippen molar-refractivity contribution in [3.05, 3.63) is 23.9 Å². The van der Waals surface area contributed by atoms with Crippen molar-refractivity contribution in [2.24, 2.45) is 5.92 Å². The number of nitrogens with zero attached hydrogens (tertiary/aromatic N) is 4. The molecule has 8 nitrogen and oxygen atoms in total. The number of hydrogen-bond donors (Lipinski definition) is 0. The van der Waals surface area contributed by atoms with Gasteiger partial charge < -0.3 is 18.8 Å². The van der Waals surface area contributed by atoms with E-state index in [0.717, 1.165) is 37.1 Å². The van der Waals surface area contributed by atoms with E-state index in [1.54, 1.807) is 6.26 Å². The third kappa shape index (κ3) is 3.77. The molecule has 1 saturated heterocycles. The molecule has 0 aromatic carbocycles. The molecule has 2 aromatic heterocycles. The van der Waals surface area contributed by atoms with E-state index in [1.165, 1.54) is 12.1 Å². The van der Waals surface area contributed by atoms with Crippen molar-refractivity contribution in [3.8, 4) is 11.4 Å². The van der Waals surface area contributed by atoms with E-state index in [1.807, 2.05) is 16.5 Å². The van der Waals surface area contributed by atoms with Crippen molar-refractivity contribution < 1.29 is 18.7 Å². The predicted molar refractivity (Wildman–Crippen MR) is 96.9 cm³/mol. The number of carbonyl (C=O) groups is 1. The van der Waals surface area contributed by atoms with Crippen LogP contribution in [-0.2, 0) is 33.8 Å². The maximum atomic E-state index is 13.0. The van der Waals surface area contributed by atoms with Gasteiger partial charge in [0.1, 0.15) is 17.7 Å². The van der Waals surface area contributed by atoms with Crippen LogP contribution in [0.15, 0.2) is 17.1 Å². The van der Waals surface area contributed by atoms with Gasteiger partial charge in [0.25, 0.3) is 0 Å². The molecule has 0 aliphatic carbocycles. The van der Waals surface area contributed by atoms with Crippen LogP contribution in [0.2, 0.25) is 0 Å². The summed E-state index contributed by atoms with van der Waals surface area (Å²) in [6.45, 7) is 6.63. The molecule has 2 aliphatic heterocycles. The lowest BCUT2D eigenvalue weighted by Gasteiger charge is -2.32. The number of hydrogen-bond acceptors (Lipinski definition) is 6. The van der Waals surface area contributed by atoms with Crippen molar-refractivity contribution in [1.82, 2.24) is 19.7 Å². The van der Waals surface area contributed by atoms with E-state index in [2.05, 4.69) is 4.98 Å². The van der Waals surface area contributed by atoms with Crippen molar-refractivity contribution >= 4 is 5.91 Å². The van der Waals surface area contributed by atoms with Crippen LogP contribution in [-0.4, -0.2) is 58.5 Å². The Kier molecular flexibility index (Phi) is 5.54. The molecule has 1 fully saturated rings. The van der Waals surface area contributed by atoms with Gasteiger partial charge in [-0.05, 0) is 19.8 Å². The molecule has 0 unspecified atom stereocenters. The monoisotopic (exact) mass is 374 g/mol. The van der Waals surface area contributed by atoms with E-state index in [4.69, 9.17) is 19.0 Å². The molecule has 0 saturated carbocycles. The zero-order valence-corrected chi connectivity index (χ0v) is 15.7. The molecule has 146 valence electrons. The molecule has 1 amide bonds. The molecular formula is C19H26N4O4. The largest absolute Gasteiger partial charge is 0.451 e. The molecule has 0 N–H and O–H groups in total. The maximum Gasteiger partial charge on any atom is 0.226 e. The Labute approximate surface area is 158 Å². The third-order valence-electron chi connectivity index (χ3n) is 5.34. The highest BCUT2D eigenvalue weighted by Gasteiger charge is 2.32. The summed E-state index contributed by atoms with van der Waals surface area (Å²) in [5.74, 6) is 0.306.